The molecule has 0 aliphatic heterocycles. The van der Waals surface area contributed by atoms with E-state index in [9.17, 15) is 4.39 Å². The first kappa shape index (κ1) is 21.8. The number of aromatic nitrogens is 5. The minimum atomic E-state index is -0.418. The molecule has 174 valence electrons. The first-order valence-corrected chi connectivity index (χ1v) is 11.1. The Labute approximate surface area is 195 Å². The molecule has 5 rings (SSSR count). The number of rotatable bonds is 8. The molecule has 9 heteroatoms. The monoisotopic (exact) mass is 460 g/mol. The molecule has 0 amide bonds. The predicted octanol–water partition coefficient (Wildman–Crippen LogP) is 5.02. The maximum absolute atomic E-state index is 13.7. The second kappa shape index (κ2) is 9.11. The molecule has 34 heavy (non-hydrogen) atoms. The Morgan fingerprint density at radius 1 is 1.12 bits per heavy atom. The van der Waals surface area contributed by atoms with Gasteiger partial charge in [-0.3, -0.25) is 0 Å². The zero-order valence-corrected chi connectivity index (χ0v) is 19.0. The van der Waals surface area contributed by atoms with E-state index >= 15 is 0 Å². The molecule has 0 radical (unpaired) electrons. The van der Waals surface area contributed by atoms with Crippen molar-refractivity contribution in [2.45, 2.75) is 33.1 Å². The first-order valence-electron chi connectivity index (χ1n) is 11.1. The number of ether oxygens (including phenoxy) is 2. The molecule has 2 N–H and O–H groups in total. The van der Waals surface area contributed by atoms with Crippen LogP contribution >= 0.6 is 0 Å². The molecule has 3 aromatic heterocycles. The van der Waals surface area contributed by atoms with Crippen LogP contribution in [-0.4, -0.2) is 31.2 Å². The van der Waals surface area contributed by atoms with Crippen molar-refractivity contribution in [3.63, 3.8) is 0 Å². The summed E-state index contributed by atoms with van der Waals surface area (Å²) in [6.45, 7) is 5.02. The number of benzene rings is 2. The lowest BCUT2D eigenvalue weighted by molar-refractivity contribution is 0.0723. The first-order chi connectivity index (χ1) is 16.5. The van der Waals surface area contributed by atoms with Crippen LogP contribution in [0.15, 0.2) is 61.1 Å². The summed E-state index contributed by atoms with van der Waals surface area (Å²) in [6.07, 6.45) is 5.93. The highest BCUT2D eigenvalue weighted by molar-refractivity contribution is 5.83. The van der Waals surface area contributed by atoms with Gasteiger partial charge in [0.2, 0.25) is 0 Å². The molecule has 0 bridgehead atoms. The van der Waals surface area contributed by atoms with Crippen LogP contribution in [-0.2, 0) is 11.5 Å². The van der Waals surface area contributed by atoms with Crippen molar-refractivity contribution in [1.29, 1.82) is 0 Å². The molecular formula is C25H25FN6O2. The van der Waals surface area contributed by atoms with Gasteiger partial charge >= 0.3 is 0 Å². The smallest absolute Gasteiger partial charge is 0.166 e. The topological polar surface area (TPSA) is 93.0 Å². The highest BCUT2D eigenvalue weighted by Gasteiger charge is 2.19. The molecule has 0 fully saturated rings. The number of pyridine rings is 1. The van der Waals surface area contributed by atoms with E-state index in [1.807, 2.05) is 42.2 Å². The number of fused-ring (bicyclic) bond motifs is 2. The van der Waals surface area contributed by atoms with Gasteiger partial charge in [0.1, 0.15) is 18.7 Å². The van der Waals surface area contributed by atoms with Gasteiger partial charge in [0.15, 0.2) is 11.6 Å². The van der Waals surface area contributed by atoms with Crippen molar-refractivity contribution >= 4 is 27.6 Å². The van der Waals surface area contributed by atoms with Gasteiger partial charge in [-0.2, -0.15) is 10.2 Å². The lowest BCUT2D eigenvalue weighted by atomic mass is 10.1. The highest BCUT2D eigenvalue weighted by atomic mass is 19.1. The van der Waals surface area contributed by atoms with E-state index in [4.69, 9.17) is 15.2 Å². The van der Waals surface area contributed by atoms with E-state index in [-0.39, 0.29) is 11.6 Å². The number of hydrogen-bond donors (Lipinski definition) is 1. The Bertz CT molecular complexity index is 1450. The molecule has 2 aromatic carbocycles. The standard InChI is InChI=1S/C25H25FN6O2/c1-3-9-33-15-32-22-13-20(23(11-18(22)14-29-32)31-8-4-7-28-31)16(2)34-24-12-17-10-19(26)5-6-21(17)30-25(24)27/h4-8,10-14,16H,3,9,15H2,1-2H3,(H2,27,30). The Morgan fingerprint density at radius 2 is 2.00 bits per heavy atom. The van der Waals surface area contributed by atoms with E-state index in [1.54, 1.807) is 23.0 Å². The third-order valence-corrected chi connectivity index (χ3v) is 5.61. The minimum Gasteiger partial charge on any atom is -0.482 e. The fourth-order valence-electron chi connectivity index (χ4n) is 3.95. The summed E-state index contributed by atoms with van der Waals surface area (Å²) < 4.78 is 29.3. The molecule has 0 spiro atoms. The highest BCUT2D eigenvalue weighted by Crippen LogP contribution is 2.33. The van der Waals surface area contributed by atoms with E-state index in [0.29, 0.717) is 30.0 Å². The van der Waals surface area contributed by atoms with Gasteiger partial charge in [0, 0.05) is 35.3 Å². The second-order valence-corrected chi connectivity index (χ2v) is 8.07. The Balaban J connectivity index is 1.55. The van der Waals surface area contributed by atoms with Gasteiger partial charge < -0.3 is 15.2 Å². The molecule has 1 atom stereocenters. The summed E-state index contributed by atoms with van der Waals surface area (Å²) in [6, 6.07) is 12.0. The van der Waals surface area contributed by atoms with Crippen LogP contribution in [0.1, 0.15) is 31.9 Å². The zero-order chi connectivity index (χ0) is 23.7. The number of hydrogen-bond acceptors (Lipinski definition) is 6. The summed E-state index contributed by atoms with van der Waals surface area (Å²) in [5.74, 6) is 0.283. The predicted molar refractivity (Wildman–Crippen MR) is 128 cm³/mol. The average Bonchev–Trinajstić information content (AvgIpc) is 3.49. The molecule has 0 aliphatic rings. The summed E-state index contributed by atoms with van der Waals surface area (Å²) in [5.41, 5.74) is 9.44. The molecule has 1 unspecified atom stereocenters. The van der Waals surface area contributed by atoms with Gasteiger partial charge in [-0.05, 0) is 55.8 Å². The van der Waals surface area contributed by atoms with E-state index < -0.39 is 6.10 Å². The Hall–Kier alpha value is -3.98. The second-order valence-electron chi connectivity index (χ2n) is 8.07. The number of halogens is 1. The van der Waals surface area contributed by atoms with Crippen molar-refractivity contribution < 1.29 is 13.9 Å². The number of nitrogen functional groups attached to an aromatic ring is 1. The van der Waals surface area contributed by atoms with Crippen molar-refractivity contribution in [3.05, 3.63) is 72.4 Å². The largest absolute Gasteiger partial charge is 0.482 e. The number of anilines is 1. The van der Waals surface area contributed by atoms with Crippen LogP contribution in [0, 0.1) is 5.82 Å². The lowest BCUT2D eigenvalue weighted by Gasteiger charge is -2.20. The minimum absolute atomic E-state index is 0.241. The van der Waals surface area contributed by atoms with Gasteiger partial charge in [-0.1, -0.05) is 6.92 Å². The van der Waals surface area contributed by atoms with Crippen LogP contribution in [0.4, 0.5) is 10.2 Å². The molecular weight excluding hydrogens is 435 g/mol. The fraction of sp³-hybridized carbons (Fsp3) is 0.240. The molecule has 8 nitrogen and oxygen atoms in total. The summed E-state index contributed by atoms with van der Waals surface area (Å²) in [5, 5.41) is 10.5. The number of nitrogens with zero attached hydrogens (tertiary/aromatic N) is 5. The summed E-state index contributed by atoms with van der Waals surface area (Å²) in [7, 11) is 0. The van der Waals surface area contributed by atoms with Gasteiger partial charge in [0.05, 0.1) is 22.9 Å². The third-order valence-electron chi connectivity index (χ3n) is 5.61. The normalized spacial score (nSPS) is 12.4. The van der Waals surface area contributed by atoms with Crippen LogP contribution < -0.4 is 10.5 Å². The van der Waals surface area contributed by atoms with Crippen LogP contribution in [0.25, 0.3) is 27.5 Å². The zero-order valence-electron chi connectivity index (χ0n) is 19.0. The van der Waals surface area contributed by atoms with Crippen LogP contribution in [0.5, 0.6) is 5.75 Å². The Morgan fingerprint density at radius 3 is 2.79 bits per heavy atom. The Kier molecular flexibility index (Phi) is 5.85. The quantitative estimate of drug-likeness (QED) is 0.327. The molecule has 3 heterocycles. The van der Waals surface area contributed by atoms with Crippen molar-refractivity contribution in [2.75, 3.05) is 12.3 Å². The summed E-state index contributed by atoms with van der Waals surface area (Å²) >= 11 is 0. The van der Waals surface area contributed by atoms with E-state index in [1.165, 1.54) is 12.1 Å². The van der Waals surface area contributed by atoms with Gasteiger partial charge in [0.25, 0.3) is 0 Å². The van der Waals surface area contributed by atoms with Crippen LogP contribution in [0.3, 0.4) is 0 Å². The number of nitrogens with two attached hydrogens (primary N) is 1. The molecule has 0 saturated heterocycles. The lowest BCUT2D eigenvalue weighted by Crippen LogP contribution is -2.11. The summed E-state index contributed by atoms with van der Waals surface area (Å²) in [4.78, 5) is 4.37. The van der Waals surface area contributed by atoms with E-state index in [0.717, 1.165) is 28.6 Å². The van der Waals surface area contributed by atoms with E-state index in [2.05, 4.69) is 22.1 Å². The fourth-order valence-corrected chi connectivity index (χ4v) is 3.95. The van der Waals surface area contributed by atoms with Crippen molar-refractivity contribution in [2.24, 2.45) is 0 Å². The SMILES string of the molecule is CCCOCn1ncc2cc(-n3cccn3)c(C(C)Oc3cc4cc(F)ccc4nc3N)cc21. The molecule has 0 aliphatic carbocycles. The van der Waals surface area contributed by atoms with Crippen molar-refractivity contribution in [3.8, 4) is 11.4 Å². The maximum Gasteiger partial charge on any atom is 0.166 e. The molecule has 0 saturated carbocycles. The van der Waals surface area contributed by atoms with Gasteiger partial charge in [-0.15, -0.1) is 0 Å². The van der Waals surface area contributed by atoms with Crippen LogP contribution in [0.2, 0.25) is 0 Å². The van der Waals surface area contributed by atoms with Gasteiger partial charge in [-0.25, -0.2) is 18.7 Å². The average molecular weight is 461 g/mol. The molecule has 5 aromatic rings. The maximum atomic E-state index is 13.7. The van der Waals surface area contributed by atoms with Crippen molar-refractivity contribution in [1.82, 2.24) is 24.5 Å². The third kappa shape index (κ3) is 4.17.